The molecule has 12 rings (SSSR count). The first-order chi connectivity index (χ1) is 27.3. The molecular weight excluding hydrogens is 667 g/mol. The number of aromatic nitrogens is 3. The average molecular weight is 698 g/mol. The summed E-state index contributed by atoms with van der Waals surface area (Å²) in [6.45, 7) is 0. The largest absolute Gasteiger partial charge is 0.208 e. The zero-order chi connectivity index (χ0) is 36.1. The molecule has 0 bridgehead atoms. The molecule has 0 amide bonds. The molecule has 0 saturated heterocycles. The average Bonchev–Trinajstić information content (AvgIpc) is 3.73. The molecule has 1 heterocycles. The van der Waals surface area contributed by atoms with Crippen LogP contribution in [-0.2, 0) is 5.41 Å². The van der Waals surface area contributed by atoms with Crippen LogP contribution >= 0.6 is 0 Å². The fourth-order valence-corrected chi connectivity index (χ4v) is 9.62. The number of fused-ring (bicyclic) bond motifs is 16. The first kappa shape index (κ1) is 30.3. The molecule has 3 heteroatoms. The molecule has 55 heavy (non-hydrogen) atoms. The van der Waals surface area contributed by atoms with Crippen LogP contribution in [0.1, 0.15) is 22.3 Å². The zero-order valence-corrected chi connectivity index (χ0v) is 29.7. The van der Waals surface area contributed by atoms with Gasteiger partial charge in [0.1, 0.15) is 0 Å². The molecule has 0 atom stereocenters. The second kappa shape index (κ2) is 11.4. The Balaban J connectivity index is 1.15. The van der Waals surface area contributed by atoms with Crippen LogP contribution in [0, 0.1) is 0 Å². The molecule has 0 aliphatic heterocycles. The fourth-order valence-electron chi connectivity index (χ4n) is 9.62. The van der Waals surface area contributed by atoms with E-state index in [0.717, 1.165) is 16.7 Å². The van der Waals surface area contributed by atoms with Crippen LogP contribution in [0.5, 0.6) is 0 Å². The van der Waals surface area contributed by atoms with Crippen LogP contribution in [-0.4, -0.2) is 15.0 Å². The minimum absolute atomic E-state index is 0.405. The van der Waals surface area contributed by atoms with Gasteiger partial charge in [0.2, 0.25) is 0 Å². The van der Waals surface area contributed by atoms with E-state index in [-0.39, 0.29) is 0 Å². The van der Waals surface area contributed by atoms with Gasteiger partial charge in [0.25, 0.3) is 0 Å². The summed E-state index contributed by atoms with van der Waals surface area (Å²) in [4.78, 5) is 15.1. The third-order valence-corrected chi connectivity index (χ3v) is 11.9. The predicted octanol–water partition coefficient (Wildman–Crippen LogP) is 12.7. The third kappa shape index (κ3) is 4.18. The molecule has 1 spiro atoms. The van der Waals surface area contributed by atoms with Crippen LogP contribution in [0.15, 0.2) is 188 Å². The van der Waals surface area contributed by atoms with E-state index in [4.69, 9.17) is 15.0 Å². The first-order valence-corrected chi connectivity index (χ1v) is 18.9. The van der Waals surface area contributed by atoms with Gasteiger partial charge in [-0.2, -0.15) is 0 Å². The molecule has 3 nitrogen and oxygen atoms in total. The van der Waals surface area contributed by atoms with E-state index in [1.807, 2.05) is 36.4 Å². The summed E-state index contributed by atoms with van der Waals surface area (Å²) in [5, 5.41) is 7.36. The van der Waals surface area contributed by atoms with Crippen molar-refractivity contribution in [3.05, 3.63) is 210 Å². The Kier molecular flexibility index (Phi) is 6.26. The maximum Gasteiger partial charge on any atom is 0.164 e. The molecular formula is C52H31N3. The molecule has 1 aromatic heterocycles. The maximum atomic E-state index is 5.09. The molecule has 0 radical (unpaired) electrons. The van der Waals surface area contributed by atoms with Gasteiger partial charge < -0.3 is 0 Å². The molecule has 2 aliphatic rings. The van der Waals surface area contributed by atoms with Crippen molar-refractivity contribution in [2.45, 2.75) is 5.41 Å². The van der Waals surface area contributed by atoms with Crippen molar-refractivity contribution in [2.75, 3.05) is 0 Å². The predicted molar refractivity (Wildman–Crippen MR) is 225 cm³/mol. The van der Waals surface area contributed by atoms with E-state index in [2.05, 4.69) is 152 Å². The van der Waals surface area contributed by atoms with Crippen molar-refractivity contribution in [1.29, 1.82) is 0 Å². The van der Waals surface area contributed by atoms with E-state index in [1.165, 1.54) is 76.8 Å². The number of hydrogen-bond donors (Lipinski definition) is 0. The molecule has 254 valence electrons. The Labute approximate surface area is 318 Å². The lowest BCUT2D eigenvalue weighted by Crippen LogP contribution is -2.25. The smallest absolute Gasteiger partial charge is 0.164 e. The summed E-state index contributed by atoms with van der Waals surface area (Å²) in [6, 6.07) is 68.0. The molecule has 0 N–H and O–H groups in total. The quantitative estimate of drug-likeness (QED) is 0.173. The van der Waals surface area contributed by atoms with Gasteiger partial charge in [-0.3, -0.25) is 0 Å². The fraction of sp³-hybridized carbons (Fsp3) is 0.0192. The van der Waals surface area contributed by atoms with E-state index in [9.17, 15) is 0 Å². The highest BCUT2D eigenvalue weighted by atomic mass is 15.0. The van der Waals surface area contributed by atoms with Crippen molar-refractivity contribution in [3.63, 3.8) is 0 Å². The van der Waals surface area contributed by atoms with Gasteiger partial charge in [0.05, 0.1) is 5.41 Å². The van der Waals surface area contributed by atoms with Crippen LogP contribution in [0.2, 0.25) is 0 Å². The molecule has 0 saturated carbocycles. The second-order valence-corrected chi connectivity index (χ2v) is 14.7. The standard InChI is InChI=1S/C52H31N3/c1-3-15-32(16-4-1)49-53-50(33-17-5-2-6-18-33)55-51(54-49)34-27-28-37-41(29-34)35-19-7-8-20-36(35)42-30-44-40-23-11-14-26-47(40)52(48(44)31-43(37)42)45-24-12-9-21-38(45)39-22-10-13-25-46(39)52/h1-31H. The summed E-state index contributed by atoms with van der Waals surface area (Å²) in [5.74, 6) is 1.97. The van der Waals surface area contributed by atoms with Gasteiger partial charge >= 0.3 is 0 Å². The van der Waals surface area contributed by atoms with E-state index < -0.39 is 5.41 Å². The number of nitrogens with zero attached hydrogens (tertiary/aromatic N) is 3. The second-order valence-electron chi connectivity index (χ2n) is 14.7. The number of benzene rings is 9. The van der Waals surface area contributed by atoms with Gasteiger partial charge in [-0.05, 0) is 95.0 Å². The lowest BCUT2D eigenvalue weighted by molar-refractivity contribution is 0.795. The van der Waals surface area contributed by atoms with Gasteiger partial charge in [-0.1, -0.05) is 170 Å². The number of rotatable bonds is 3. The van der Waals surface area contributed by atoms with Crippen molar-refractivity contribution < 1.29 is 0 Å². The van der Waals surface area contributed by atoms with E-state index in [0.29, 0.717) is 17.5 Å². The maximum absolute atomic E-state index is 5.09. The number of hydrogen-bond acceptors (Lipinski definition) is 3. The summed E-state index contributed by atoms with van der Waals surface area (Å²) in [7, 11) is 0. The van der Waals surface area contributed by atoms with Gasteiger partial charge in [-0.25, -0.2) is 15.0 Å². The van der Waals surface area contributed by atoms with E-state index in [1.54, 1.807) is 0 Å². The Hall–Kier alpha value is -7.23. The van der Waals surface area contributed by atoms with Crippen LogP contribution < -0.4 is 0 Å². The normalized spacial score (nSPS) is 13.2. The highest BCUT2D eigenvalue weighted by molar-refractivity contribution is 6.27. The molecule has 9 aromatic carbocycles. The minimum Gasteiger partial charge on any atom is -0.208 e. The SMILES string of the molecule is c1ccc(-c2nc(-c3ccccc3)nc(-c3ccc4c(c3)c3ccccc3c3cc5c(cc43)C3(c4ccccc4-c4ccccc43)c3ccccc3-5)n2)cc1. The summed E-state index contributed by atoms with van der Waals surface area (Å²) < 4.78 is 0. The molecule has 10 aromatic rings. The van der Waals surface area contributed by atoms with Crippen LogP contribution in [0.4, 0.5) is 0 Å². The third-order valence-electron chi connectivity index (χ3n) is 11.9. The van der Waals surface area contributed by atoms with Crippen LogP contribution in [0.3, 0.4) is 0 Å². The van der Waals surface area contributed by atoms with Crippen molar-refractivity contribution >= 4 is 32.3 Å². The Morgan fingerprint density at radius 1 is 0.255 bits per heavy atom. The lowest BCUT2D eigenvalue weighted by atomic mass is 9.70. The lowest BCUT2D eigenvalue weighted by Gasteiger charge is -2.30. The summed E-state index contributed by atoms with van der Waals surface area (Å²) in [6.07, 6.45) is 0. The topological polar surface area (TPSA) is 38.7 Å². The Bertz CT molecular complexity index is 3100. The monoisotopic (exact) mass is 697 g/mol. The summed E-state index contributed by atoms with van der Waals surface area (Å²) >= 11 is 0. The first-order valence-electron chi connectivity index (χ1n) is 18.9. The van der Waals surface area contributed by atoms with Gasteiger partial charge in [0, 0.05) is 16.7 Å². The molecule has 0 fully saturated rings. The molecule has 2 aliphatic carbocycles. The van der Waals surface area contributed by atoms with Crippen molar-refractivity contribution in [2.24, 2.45) is 0 Å². The zero-order valence-electron chi connectivity index (χ0n) is 29.7. The van der Waals surface area contributed by atoms with Gasteiger partial charge in [-0.15, -0.1) is 0 Å². The Morgan fingerprint density at radius 2 is 0.655 bits per heavy atom. The van der Waals surface area contributed by atoms with Crippen molar-refractivity contribution in [3.8, 4) is 56.4 Å². The van der Waals surface area contributed by atoms with Crippen LogP contribution in [0.25, 0.3) is 88.7 Å². The summed E-state index contributed by atoms with van der Waals surface area (Å²) in [5.41, 5.74) is 13.1. The minimum atomic E-state index is -0.405. The Morgan fingerprint density at radius 3 is 1.20 bits per heavy atom. The van der Waals surface area contributed by atoms with Gasteiger partial charge in [0.15, 0.2) is 17.5 Å². The highest BCUT2D eigenvalue weighted by Gasteiger charge is 2.51. The van der Waals surface area contributed by atoms with Crippen molar-refractivity contribution in [1.82, 2.24) is 15.0 Å². The molecule has 0 unspecified atom stereocenters. The van der Waals surface area contributed by atoms with E-state index >= 15 is 0 Å². The highest BCUT2D eigenvalue weighted by Crippen LogP contribution is 2.63.